The minimum Gasteiger partial charge on any atom is -0.387 e. The van der Waals surface area contributed by atoms with E-state index in [0.29, 0.717) is 0 Å². The first-order valence-electron chi connectivity index (χ1n) is 6.35. The van der Waals surface area contributed by atoms with Crippen molar-refractivity contribution in [3.63, 3.8) is 0 Å². The maximum absolute atomic E-state index is 12.2. The molecule has 8 nitrogen and oxygen atoms in total. The number of nitrogens with one attached hydrogen (secondary N) is 2. The van der Waals surface area contributed by atoms with Gasteiger partial charge in [-0.1, -0.05) is 0 Å². The Kier molecular flexibility index (Phi) is 6.06. The van der Waals surface area contributed by atoms with E-state index in [1.165, 1.54) is 19.2 Å². The van der Waals surface area contributed by atoms with Gasteiger partial charge in [0.25, 0.3) is 5.69 Å². The van der Waals surface area contributed by atoms with Gasteiger partial charge in [0.2, 0.25) is 10.0 Å². The number of anilines is 1. The molecule has 2 N–H and O–H groups in total. The number of hydrogen-bond donors (Lipinski definition) is 2. The number of benzene rings is 1. The summed E-state index contributed by atoms with van der Waals surface area (Å²) in [4.78, 5) is 10.1. The van der Waals surface area contributed by atoms with Gasteiger partial charge in [0.1, 0.15) is 4.90 Å². The van der Waals surface area contributed by atoms with Crippen LogP contribution in [0.1, 0.15) is 13.8 Å². The highest BCUT2D eigenvalue weighted by atomic mass is 32.2. The van der Waals surface area contributed by atoms with Crippen molar-refractivity contribution in [2.75, 3.05) is 25.5 Å². The van der Waals surface area contributed by atoms with Crippen LogP contribution in [0.5, 0.6) is 0 Å². The summed E-state index contributed by atoms with van der Waals surface area (Å²) in [5.74, 6) is 0. The lowest BCUT2D eigenvalue weighted by atomic mass is 10.3. The molecule has 0 saturated heterocycles. The summed E-state index contributed by atoms with van der Waals surface area (Å²) in [5.41, 5.74) is -0.0112. The van der Waals surface area contributed by atoms with Crippen LogP contribution >= 0.6 is 0 Å². The lowest BCUT2D eigenvalue weighted by Crippen LogP contribution is -2.28. The molecule has 0 aliphatic heterocycles. The lowest BCUT2D eigenvalue weighted by molar-refractivity contribution is -0.384. The van der Waals surface area contributed by atoms with Gasteiger partial charge in [0.15, 0.2) is 0 Å². The van der Waals surface area contributed by atoms with Crippen molar-refractivity contribution in [1.29, 1.82) is 0 Å². The van der Waals surface area contributed by atoms with Crippen molar-refractivity contribution in [2.24, 2.45) is 0 Å². The molecule has 9 heteroatoms. The van der Waals surface area contributed by atoms with Gasteiger partial charge in [-0.15, -0.1) is 0 Å². The van der Waals surface area contributed by atoms with Crippen LogP contribution in [0, 0.1) is 10.1 Å². The SMILES string of the molecule is CNc1cc([N+](=O)[O-])ccc1S(=O)(=O)NCCOC(C)C. The Bertz CT molecular complexity index is 601. The number of nitro groups is 1. The van der Waals surface area contributed by atoms with Gasteiger partial charge < -0.3 is 10.1 Å². The summed E-state index contributed by atoms with van der Waals surface area (Å²) in [6.07, 6.45) is 0.0155. The highest BCUT2D eigenvalue weighted by Gasteiger charge is 2.20. The van der Waals surface area contributed by atoms with Gasteiger partial charge in [0.05, 0.1) is 23.3 Å². The molecule has 0 atom stereocenters. The summed E-state index contributed by atoms with van der Waals surface area (Å²) >= 11 is 0. The molecule has 0 fully saturated rings. The maximum Gasteiger partial charge on any atom is 0.271 e. The molecule has 0 aromatic heterocycles. The summed E-state index contributed by atoms with van der Waals surface area (Å²) in [6, 6.07) is 3.54. The van der Waals surface area contributed by atoms with Gasteiger partial charge in [-0.05, 0) is 19.9 Å². The molecule has 0 bridgehead atoms. The predicted octanol–water partition coefficient (Wildman–Crippen LogP) is 1.34. The van der Waals surface area contributed by atoms with E-state index in [1.54, 1.807) is 0 Å². The van der Waals surface area contributed by atoms with Crippen molar-refractivity contribution in [2.45, 2.75) is 24.8 Å². The van der Waals surface area contributed by atoms with Gasteiger partial charge >= 0.3 is 0 Å². The Balaban J connectivity index is 2.90. The van der Waals surface area contributed by atoms with Crippen molar-refractivity contribution < 1.29 is 18.1 Å². The van der Waals surface area contributed by atoms with Gasteiger partial charge in [-0.3, -0.25) is 10.1 Å². The monoisotopic (exact) mass is 317 g/mol. The quantitative estimate of drug-likeness (QED) is 0.425. The second-order valence-electron chi connectivity index (χ2n) is 4.50. The van der Waals surface area contributed by atoms with Crippen LogP contribution in [0.3, 0.4) is 0 Å². The van der Waals surface area contributed by atoms with Crippen LogP contribution in [-0.4, -0.2) is 39.6 Å². The van der Waals surface area contributed by atoms with Crippen molar-refractivity contribution in [1.82, 2.24) is 4.72 Å². The molecule has 0 heterocycles. The fourth-order valence-electron chi connectivity index (χ4n) is 1.61. The third-order valence-corrected chi connectivity index (χ3v) is 4.10. The highest BCUT2D eigenvalue weighted by Crippen LogP contribution is 2.25. The van der Waals surface area contributed by atoms with Crippen molar-refractivity contribution in [3.05, 3.63) is 28.3 Å². The first-order chi connectivity index (χ1) is 9.77. The summed E-state index contributed by atoms with van der Waals surface area (Å²) in [7, 11) is -2.26. The van der Waals surface area contributed by atoms with Gasteiger partial charge in [-0.2, -0.15) is 0 Å². The zero-order chi connectivity index (χ0) is 16.0. The first kappa shape index (κ1) is 17.3. The average molecular weight is 317 g/mol. The summed E-state index contributed by atoms with van der Waals surface area (Å²) < 4.78 is 32.0. The fourth-order valence-corrected chi connectivity index (χ4v) is 2.81. The average Bonchev–Trinajstić information content (AvgIpc) is 2.42. The second-order valence-corrected chi connectivity index (χ2v) is 6.24. The Morgan fingerprint density at radius 3 is 2.57 bits per heavy atom. The summed E-state index contributed by atoms with van der Waals surface area (Å²) in [5, 5.41) is 13.4. The van der Waals surface area contributed by atoms with E-state index >= 15 is 0 Å². The number of nitro benzene ring substituents is 1. The van der Waals surface area contributed by atoms with Crippen LogP contribution in [0.25, 0.3) is 0 Å². The minimum atomic E-state index is -3.76. The molecule has 118 valence electrons. The van der Waals surface area contributed by atoms with E-state index in [9.17, 15) is 18.5 Å². The van der Waals surface area contributed by atoms with Crippen LogP contribution < -0.4 is 10.0 Å². The molecule has 0 aliphatic carbocycles. The highest BCUT2D eigenvalue weighted by molar-refractivity contribution is 7.89. The van der Waals surface area contributed by atoms with E-state index in [-0.39, 0.29) is 35.5 Å². The maximum atomic E-state index is 12.2. The number of ether oxygens (including phenoxy) is 1. The Morgan fingerprint density at radius 1 is 1.38 bits per heavy atom. The zero-order valence-corrected chi connectivity index (χ0v) is 12.9. The first-order valence-corrected chi connectivity index (χ1v) is 7.83. The second kappa shape index (κ2) is 7.34. The standard InChI is InChI=1S/C12H19N3O5S/c1-9(2)20-7-6-14-21(18,19)12-5-4-10(15(16)17)8-11(12)13-3/h4-5,8-9,13-14H,6-7H2,1-3H3. The Morgan fingerprint density at radius 2 is 2.05 bits per heavy atom. The van der Waals surface area contributed by atoms with Crippen molar-refractivity contribution in [3.8, 4) is 0 Å². The molecule has 0 amide bonds. The number of nitrogens with zero attached hydrogens (tertiary/aromatic N) is 1. The molecule has 1 rings (SSSR count). The molecular weight excluding hydrogens is 298 g/mol. The van der Waals surface area contributed by atoms with Crippen LogP contribution in [0.15, 0.2) is 23.1 Å². The van der Waals surface area contributed by atoms with Gasteiger partial charge in [0, 0.05) is 25.7 Å². The molecule has 0 unspecified atom stereocenters. The predicted molar refractivity (Wildman–Crippen MR) is 78.9 cm³/mol. The number of non-ortho nitro benzene ring substituents is 1. The summed E-state index contributed by atoms with van der Waals surface area (Å²) in [6.45, 7) is 4.08. The normalized spacial score (nSPS) is 11.6. The van der Waals surface area contributed by atoms with Crippen molar-refractivity contribution >= 4 is 21.4 Å². The fraction of sp³-hybridized carbons (Fsp3) is 0.500. The molecular formula is C12H19N3O5S. The number of hydrogen-bond acceptors (Lipinski definition) is 6. The largest absolute Gasteiger partial charge is 0.387 e. The van der Waals surface area contributed by atoms with Crippen LogP contribution in [0.2, 0.25) is 0 Å². The molecule has 0 spiro atoms. The number of sulfonamides is 1. The molecule has 1 aromatic rings. The van der Waals surface area contributed by atoms with Crippen LogP contribution in [-0.2, 0) is 14.8 Å². The minimum absolute atomic E-state index is 0.0155. The molecule has 0 saturated carbocycles. The Hall–Kier alpha value is -1.71. The van der Waals surface area contributed by atoms with E-state index in [2.05, 4.69) is 10.0 Å². The molecule has 0 aliphatic rings. The smallest absolute Gasteiger partial charge is 0.271 e. The Labute approximate surface area is 123 Å². The van der Waals surface area contributed by atoms with Crippen LogP contribution in [0.4, 0.5) is 11.4 Å². The van der Waals surface area contributed by atoms with Gasteiger partial charge in [-0.25, -0.2) is 13.1 Å². The van der Waals surface area contributed by atoms with E-state index in [1.807, 2.05) is 13.8 Å². The van der Waals surface area contributed by atoms with E-state index in [0.717, 1.165) is 6.07 Å². The third kappa shape index (κ3) is 4.96. The third-order valence-electron chi connectivity index (χ3n) is 2.58. The molecule has 21 heavy (non-hydrogen) atoms. The molecule has 1 aromatic carbocycles. The molecule has 0 radical (unpaired) electrons. The topological polar surface area (TPSA) is 111 Å². The number of rotatable bonds is 8. The van der Waals surface area contributed by atoms with E-state index in [4.69, 9.17) is 4.74 Å². The van der Waals surface area contributed by atoms with E-state index < -0.39 is 14.9 Å². The lowest BCUT2D eigenvalue weighted by Gasteiger charge is -2.12. The zero-order valence-electron chi connectivity index (χ0n) is 12.1.